The number of amides is 2. The van der Waals surface area contributed by atoms with Gasteiger partial charge in [-0.3, -0.25) is 23.6 Å². The molecule has 0 bridgehead atoms. The molecule has 3 heterocycles. The van der Waals surface area contributed by atoms with Crippen LogP contribution in [0.2, 0.25) is 0 Å². The van der Waals surface area contributed by atoms with Crippen molar-refractivity contribution in [3.63, 3.8) is 0 Å². The minimum absolute atomic E-state index is 0.0239. The van der Waals surface area contributed by atoms with Crippen LogP contribution in [0.5, 0.6) is 0 Å². The maximum Gasteiger partial charge on any atom is 0.272 e. The maximum atomic E-state index is 13.4. The Morgan fingerprint density at radius 2 is 1.92 bits per heavy atom. The number of para-hydroxylation sites is 1. The highest BCUT2D eigenvalue weighted by Crippen LogP contribution is 2.29. The molecular formula is C28H28N6O4. The number of hydrogen-bond donors (Lipinski definition) is 1. The molecule has 4 aromatic rings. The Kier molecular flexibility index (Phi) is 6.41. The number of likely N-dealkylation sites (tertiary alicyclic amines) is 1. The topological polar surface area (TPSA) is 111 Å². The second-order valence-electron chi connectivity index (χ2n) is 9.55. The van der Waals surface area contributed by atoms with E-state index in [2.05, 4.69) is 42.4 Å². The number of carbonyl (C=O) groups is 2. The first kappa shape index (κ1) is 25.1. The Labute approximate surface area is 218 Å². The SMILES string of the molecule is C=C(NC(=O)C(=C)n1cnc2c(-c3ccc4nn(C(C)C)cc4c3)cccc2c1=O)C(=O)N1CC(OC)C1. The summed E-state index contributed by atoms with van der Waals surface area (Å²) in [6.45, 7) is 12.4. The Hall–Kier alpha value is -4.57. The Morgan fingerprint density at radius 3 is 2.63 bits per heavy atom. The molecule has 5 rings (SSSR count). The summed E-state index contributed by atoms with van der Waals surface area (Å²) in [5.41, 5.74) is 2.33. The molecule has 194 valence electrons. The molecule has 0 aliphatic carbocycles. The summed E-state index contributed by atoms with van der Waals surface area (Å²) in [7, 11) is 1.58. The number of methoxy groups -OCH3 is 1. The van der Waals surface area contributed by atoms with Gasteiger partial charge in [-0.1, -0.05) is 31.4 Å². The van der Waals surface area contributed by atoms with Gasteiger partial charge in [0.25, 0.3) is 17.4 Å². The minimum Gasteiger partial charge on any atom is -0.378 e. The number of aromatic nitrogens is 4. The molecule has 2 aromatic carbocycles. The number of nitrogens with one attached hydrogen (secondary N) is 1. The predicted molar refractivity (Wildman–Crippen MR) is 145 cm³/mol. The second kappa shape index (κ2) is 9.71. The van der Waals surface area contributed by atoms with Crippen LogP contribution in [0.3, 0.4) is 0 Å². The summed E-state index contributed by atoms with van der Waals surface area (Å²) in [5.74, 6) is -1.14. The van der Waals surface area contributed by atoms with Crippen LogP contribution in [0.4, 0.5) is 0 Å². The van der Waals surface area contributed by atoms with Gasteiger partial charge in [-0.2, -0.15) is 5.10 Å². The molecule has 10 heteroatoms. The zero-order valence-electron chi connectivity index (χ0n) is 21.5. The second-order valence-corrected chi connectivity index (χ2v) is 9.55. The number of nitrogens with zero attached hydrogens (tertiary/aromatic N) is 5. The van der Waals surface area contributed by atoms with Gasteiger partial charge in [0.15, 0.2) is 0 Å². The number of rotatable bonds is 7. The summed E-state index contributed by atoms with van der Waals surface area (Å²) >= 11 is 0. The monoisotopic (exact) mass is 512 g/mol. The number of ether oxygens (including phenoxy) is 1. The molecule has 10 nitrogen and oxygen atoms in total. The standard InChI is InChI=1S/C28H28N6O4/c1-16(2)34-12-20-11-19(9-10-24(20)31-34)22-7-6-8-23-25(22)29-15-33(28(23)37)18(4)26(35)30-17(3)27(36)32-13-21(14-32)38-5/h6-12,15-16,21H,3-4,13-14H2,1-2,5H3,(H,30,35). The smallest absolute Gasteiger partial charge is 0.272 e. The summed E-state index contributed by atoms with van der Waals surface area (Å²) in [6.07, 6.45) is 3.24. The third kappa shape index (κ3) is 4.39. The molecule has 0 spiro atoms. The van der Waals surface area contributed by atoms with E-state index >= 15 is 0 Å². The van der Waals surface area contributed by atoms with Gasteiger partial charge >= 0.3 is 0 Å². The van der Waals surface area contributed by atoms with Crippen LogP contribution in [0, 0.1) is 0 Å². The fourth-order valence-electron chi connectivity index (χ4n) is 4.37. The molecule has 2 amide bonds. The van der Waals surface area contributed by atoms with Crippen molar-refractivity contribution < 1.29 is 14.3 Å². The van der Waals surface area contributed by atoms with E-state index in [1.54, 1.807) is 19.2 Å². The fraction of sp³-hybridized carbons (Fsp3) is 0.250. The third-order valence-corrected chi connectivity index (χ3v) is 6.69. The van der Waals surface area contributed by atoms with Gasteiger partial charge in [0.1, 0.15) is 12.0 Å². The van der Waals surface area contributed by atoms with Crippen LogP contribution in [-0.2, 0) is 14.3 Å². The van der Waals surface area contributed by atoms with Gasteiger partial charge in [0.05, 0.1) is 28.2 Å². The predicted octanol–water partition coefficient (Wildman–Crippen LogP) is 2.95. The molecule has 0 saturated carbocycles. The lowest BCUT2D eigenvalue weighted by molar-refractivity contribution is -0.139. The number of carbonyl (C=O) groups excluding carboxylic acids is 2. The van der Waals surface area contributed by atoms with Gasteiger partial charge in [0.2, 0.25) is 0 Å². The fourth-order valence-corrected chi connectivity index (χ4v) is 4.37. The van der Waals surface area contributed by atoms with Crippen LogP contribution in [0.25, 0.3) is 38.6 Å². The van der Waals surface area contributed by atoms with Crippen molar-refractivity contribution in [3.8, 4) is 11.1 Å². The highest BCUT2D eigenvalue weighted by Gasteiger charge is 2.32. The Morgan fingerprint density at radius 1 is 1.16 bits per heavy atom. The summed E-state index contributed by atoms with van der Waals surface area (Å²) in [4.78, 5) is 44.6. The lowest BCUT2D eigenvalue weighted by Crippen LogP contribution is -2.55. The summed E-state index contributed by atoms with van der Waals surface area (Å²) in [5, 5.41) is 8.35. The van der Waals surface area contributed by atoms with Crippen molar-refractivity contribution in [1.29, 1.82) is 0 Å². The zero-order valence-corrected chi connectivity index (χ0v) is 21.5. The van der Waals surface area contributed by atoms with Crippen molar-refractivity contribution in [2.24, 2.45) is 0 Å². The van der Waals surface area contributed by atoms with Crippen LogP contribution in [-0.4, -0.2) is 62.3 Å². The van der Waals surface area contributed by atoms with Crippen molar-refractivity contribution in [1.82, 2.24) is 29.5 Å². The summed E-state index contributed by atoms with van der Waals surface area (Å²) in [6, 6.07) is 11.5. The molecule has 0 atom stereocenters. The van der Waals surface area contributed by atoms with E-state index in [0.717, 1.165) is 26.6 Å². The largest absolute Gasteiger partial charge is 0.378 e. The number of hydrogen-bond acceptors (Lipinski definition) is 6. The van der Waals surface area contributed by atoms with Gasteiger partial charge < -0.3 is 15.0 Å². The minimum atomic E-state index is -0.723. The molecule has 1 fully saturated rings. The van der Waals surface area contributed by atoms with E-state index in [-0.39, 0.29) is 23.5 Å². The molecule has 2 aromatic heterocycles. The van der Waals surface area contributed by atoms with E-state index in [1.807, 2.05) is 35.1 Å². The van der Waals surface area contributed by atoms with Gasteiger partial charge in [-0.05, 0) is 37.6 Å². The average Bonchev–Trinajstić information content (AvgIpc) is 3.31. The van der Waals surface area contributed by atoms with Gasteiger partial charge in [-0.15, -0.1) is 0 Å². The Bertz CT molecular complexity index is 1680. The maximum absolute atomic E-state index is 13.4. The number of fused-ring (bicyclic) bond motifs is 2. The zero-order chi connectivity index (χ0) is 27.1. The van der Waals surface area contributed by atoms with E-state index < -0.39 is 17.4 Å². The Balaban J connectivity index is 1.40. The molecule has 1 aliphatic rings. The lowest BCUT2D eigenvalue weighted by atomic mass is 10.0. The molecule has 1 aliphatic heterocycles. The summed E-state index contributed by atoms with van der Waals surface area (Å²) < 4.78 is 8.14. The molecule has 0 unspecified atom stereocenters. The average molecular weight is 513 g/mol. The molecule has 1 saturated heterocycles. The van der Waals surface area contributed by atoms with Crippen molar-refractivity contribution >= 4 is 39.3 Å². The highest BCUT2D eigenvalue weighted by molar-refractivity contribution is 6.15. The van der Waals surface area contributed by atoms with E-state index in [4.69, 9.17) is 4.74 Å². The van der Waals surface area contributed by atoms with Crippen LogP contribution >= 0.6 is 0 Å². The first-order valence-electron chi connectivity index (χ1n) is 12.2. The van der Waals surface area contributed by atoms with Gasteiger partial charge in [-0.25, -0.2) is 4.98 Å². The first-order valence-corrected chi connectivity index (χ1v) is 12.2. The van der Waals surface area contributed by atoms with E-state index in [9.17, 15) is 14.4 Å². The van der Waals surface area contributed by atoms with Crippen molar-refractivity contribution in [3.05, 3.63) is 78.1 Å². The van der Waals surface area contributed by atoms with Crippen molar-refractivity contribution in [2.75, 3.05) is 20.2 Å². The van der Waals surface area contributed by atoms with Crippen LogP contribution in [0.1, 0.15) is 19.9 Å². The molecule has 0 radical (unpaired) electrons. The highest BCUT2D eigenvalue weighted by atomic mass is 16.5. The third-order valence-electron chi connectivity index (χ3n) is 6.69. The quantitative estimate of drug-likeness (QED) is 0.381. The number of benzene rings is 2. The van der Waals surface area contributed by atoms with Crippen LogP contribution < -0.4 is 10.9 Å². The first-order chi connectivity index (χ1) is 18.2. The molecular weight excluding hydrogens is 484 g/mol. The van der Waals surface area contributed by atoms with Gasteiger partial charge in [0, 0.05) is 43.4 Å². The molecule has 38 heavy (non-hydrogen) atoms. The van der Waals surface area contributed by atoms with Crippen LogP contribution in [0.15, 0.2) is 72.6 Å². The molecule has 1 N–H and O–H groups in total. The van der Waals surface area contributed by atoms with E-state index in [1.165, 1.54) is 11.2 Å². The van der Waals surface area contributed by atoms with Crippen molar-refractivity contribution in [2.45, 2.75) is 26.0 Å². The normalized spacial score (nSPS) is 13.6. The van der Waals surface area contributed by atoms with E-state index in [0.29, 0.717) is 24.0 Å². The lowest BCUT2D eigenvalue weighted by Gasteiger charge is -2.38.